The second-order valence-corrected chi connectivity index (χ2v) is 7.77. The number of hydrogen-bond acceptors (Lipinski definition) is 3. The molecule has 0 spiro atoms. The predicted octanol–water partition coefficient (Wildman–Crippen LogP) is 4.24. The summed E-state index contributed by atoms with van der Waals surface area (Å²) in [5.41, 5.74) is 3.93. The van der Waals surface area contributed by atoms with Crippen molar-refractivity contribution in [1.82, 2.24) is 9.88 Å². The third-order valence-corrected chi connectivity index (χ3v) is 5.61. The van der Waals surface area contributed by atoms with Gasteiger partial charge in [-0.25, -0.2) is 4.39 Å². The van der Waals surface area contributed by atoms with Crippen molar-refractivity contribution in [2.75, 3.05) is 0 Å². The van der Waals surface area contributed by atoms with E-state index in [0.29, 0.717) is 16.6 Å². The van der Waals surface area contributed by atoms with Gasteiger partial charge in [-0.05, 0) is 48.5 Å². The predicted molar refractivity (Wildman–Crippen MR) is 114 cm³/mol. The van der Waals surface area contributed by atoms with Crippen LogP contribution in [0.4, 0.5) is 4.39 Å². The maximum Gasteiger partial charge on any atom is 0.286 e. The molecule has 0 atom stereocenters. The first-order valence-corrected chi connectivity index (χ1v) is 9.86. The van der Waals surface area contributed by atoms with Crippen LogP contribution in [0, 0.1) is 12.7 Å². The number of carbonyl (C=O) groups is 2. The van der Waals surface area contributed by atoms with E-state index in [1.54, 1.807) is 12.1 Å². The summed E-state index contributed by atoms with van der Waals surface area (Å²) >= 11 is 1.15. The summed E-state index contributed by atoms with van der Waals surface area (Å²) in [6, 6.07) is 14.4. The Hall–Kier alpha value is -3.19. The molecule has 1 aromatic heterocycles. The number of rotatable bonds is 3. The van der Waals surface area contributed by atoms with Crippen molar-refractivity contribution < 1.29 is 14.0 Å². The second kappa shape index (κ2) is 7.67. The molecule has 0 bridgehead atoms. The highest BCUT2D eigenvalue weighted by Gasteiger charge is 2.24. The molecule has 1 aliphatic rings. The van der Waals surface area contributed by atoms with Crippen molar-refractivity contribution in [3.05, 3.63) is 76.1 Å². The molecule has 0 fully saturated rings. The van der Waals surface area contributed by atoms with Gasteiger partial charge >= 0.3 is 0 Å². The number of halogens is 1. The maximum absolute atomic E-state index is 13.3. The molecule has 2 aromatic carbocycles. The van der Waals surface area contributed by atoms with Gasteiger partial charge in [0, 0.05) is 35.6 Å². The lowest BCUT2D eigenvalue weighted by atomic mass is 10.1. The second-order valence-electron chi connectivity index (χ2n) is 6.74. The summed E-state index contributed by atoms with van der Waals surface area (Å²) in [5.74, 6) is -0.897. The normalized spacial score (nSPS) is 15.2. The molecule has 7 heteroatoms. The number of benzene rings is 2. The van der Waals surface area contributed by atoms with Crippen LogP contribution in [0.25, 0.3) is 17.0 Å². The molecular weight excluding hydrogens is 389 g/mol. The van der Waals surface area contributed by atoms with Gasteiger partial charge in [-0.1, -0.05) is 30.3 Å². The number of amidine groups is 1. The fourth-order valence-corrected chi connectivity index (χ4v) is 4.20. The molecule has 2 heterocycles. The molecule has 1 N–H and O–H groups in total. The van der Waals surface area contributed by atoms with Crippen molar-refractivity contribution in [2.24, 2.45) is 4.99 Å². The van der Waals surface area contributed by atoms with Crippen LogP contribution in [0.5, 0.6) is 0 Å². The Kier molecular flexibility index (Phi) is 5.07. The summed E-state index contributed by atoms with van der Waals surface area (Å²) in [4.78, 5) is 27.9. The molecule has 0 unspecified atom stereocenters. The molecular formula is C22H18FN3O2S. The van der Waals surface area contributed by atoms with Gasteiger partial charge in [-0.2, -0.15) is 4.99 Å². The molecule has 29 heavy (non-hydrogen) atoms. The molecule has 0 radical (unpaired) electrons. The average molecular weight is 407 g/mol. The highest BCUT2D eigenvalue weighted by atomic mass is 32.2. The molecule has 0 saturated heterocycles. The Bertz CT molecular complexity index is 1190. The minimum atomic E-state index is -0.367. The van der Waals surface area contributed by atoms with Gasteiger partial charge in [-0.15, -0.1) is 0 Å². The van der Waals surface area contributed by atoms with Crippen molar-refractivity contribution in [2.45, 2.75) is 20.4 Å². The van der Waals surface area contributed by atoms with Gasteiger partial charge < -0.3 is 9.88 Å². The number of amides is 2. The molecule has 146 valence electrons. The molecule has 0 aliphatic carbocycles. The van der Waals surface area contributed by atoms with Crippen LogP contribution in [0.15, 0.2) is 58.4 Å². The lowest BCUT2D eigenvalue weighted by Crippen LogP contribution is -2.23. The zero-order chi connectivity index (χ0) is 20.5. The number of nitrogens with zero attached hydrogens (tertiary/aromatic N) is 2. The van der Waals surface area contributed by atoms with Crippen LogP contribution in [-0.4, -0.2) is 21.5 Å². The maximum atomic E-state index is 13.3. The largest absolute Gasteiger partial charge is 0.340 e. The van der Waals surface area contributed by atoms with E-state index in [1.807, 2.05) is 37.3 Å². The summed E-state index contributed by atoms with van der Waals surface area (Å²) in [5, 5.41) is 3.87. The summed E-state index contributed by atoms with van der Waals surface area (Å²) in [7, 11) is 0. The Morgan fingerprint density at radius 2 is 1.93 bits per heavy atom. The average Bonchev–Trinajstić information content (AvgIpc) is 3.15. The van der Waals surface area contributed by atoms with Crippen molar-refractivity contribution in [1.29, 1.82) is 0 Å². The van der Waals surface area contributed by atoms with Crippen molar-refractivity contribution in [3.63, 3.8) is 0 Å². The monoisotopic (exact) mass is 407 g/mol. The van der Waals surface area contributed by atoms with E-state index >= 15 is 0 Å². The van der Waals surface area contributed by atoms with E-state index in [9.17, 15) is 14.0 Å². The van der Waals surface area contributed by atoms with Crippen LogP contribution in [0.1, 0.15) is 23.7 Å². The zero-order valence-corrected chi connectivity index (χ0v) is 16.7. The van der Waals surface area contributed by atoms with E-state index in [-0.39, 0.29) is 17.6 Å². The standard InChI is InChI=1S/C22H18FN3O2S/c1-13-18(11-20-21(28)25-22(29-20)24-14(2)27)17-5-3-4-6-19(17)26(13)12-15-7-9-16(23)10-8-15/h3-11H,12H2,1-2H3,(H,24,25,27,28). The van der Waals surface area contributed by atoms with Gasteiger partial charge in [-0.3, -0.25) is 9.59 Å². The third kappa shape index (κ3) is 3.86. The van der Waals surface area contributed by atoms with Crippen LogP contribution in [-0.2, 0) is 16.1 Å². The first kappa shape index (κ1) is 19.1. The van der Waals surface area contributed by atoms with E-state index in [0.717, 1.165) is 39.5 Å². The third-order valence-electron chi connectivity index (χ3n) is 4.71. The first-order chi connectivity index (χ1) is 13.9. The smallest absolute Gasteiger partial charge is 0.286 e. The number of carbonyl (C=O) groups excluding carboxylic acids is 2. The van der Waals surface area contributed by atoms with Gasteiger partial charge in [0.2, 0.25) is 5.91 Å². The van der Waals surface area contributed by atoms with Crippen LogP contribution < -0.4 is 5.32 Å². The lowest BCUT2D eigenvalue weighted by molar-refractivity contribution is -0.117. The number of nitrogens with one attached hydrogen (secondary N) is 1. The molecule has 0 saturated carbocycles. The zero-order valence-electron chi connectivity index (χ0n) is 15.9. The molecule has 5 nitrogen and oxygen atoms in total. The van der Waals surface area contributed by atoms with Crippen LogP contribution in [0.2, 0.25) is 0 Å². The molecule has 4 rings (SSSR count). The summed E-state index contributed by atoms with van der Waals surface area (Å²) < 4.78 is 15.4. The van der Waals surface area contributed by atoms with Crippen LogP contribution >= 0.6 is 11.8 Å². The fourth-order valence-electron chi connectivity index (χ4n) is 3.36. The Labute approximate surface area is 171 Å². The van der Waals surface area contributed by atoms with E-state index < -0.39 is 0 Å². The first-order valence-electron chi connectivity index (χ1n) is 9.05. The Balaban J connectivity index is 1.74. The fraction of sp³-hybridized carbons (Fsp3) is 0.136. The molecule has 1 aliphatic heterocycles. The van der Waals surface area contributed by atoms with E-state index in [1.165, 1.54) is 19.1 Å². The van der Waals surface area contributed by atoms with E-state index in [2.05, 4.69) is 14.9 Å². The van der Waals surface area contributed by atoms with Crippen LogP contribution in [0.3, 0.4) is 0 Å². The van der Waals surface area contributed by atoms with Gasteiger partial charge in [0.05, 0.1) is 4.91 Å². The van der Waals surface area contributed by atoms with E-state index in [4.69, 9.17) is 0 Å². The quantitative estimate of drug-likeness (QED) is 0.661. The highest BCUT2D eigenvalue weighted by Crippen LogP contribution is 2.33. The van der Waals surface area contributed by atoms with Gasteiger partial charge in [0.15, 0.2) is 5.17 Å². The number of fused-ring (bicyclic) bond motifs is 1. The van der Waals surface area contributed by atoms with Crippen molar-refractivity contribution in [3.8, 4) is 0 Å². The summed E-state index contributed by atoms with van der Waals surface area (Å²) in [6.07, 6.45) is 1.82. The lowest BCUT2D eigenvalue weighted by Gasteiger charge is -2.09. The highest BCUT2D eigenvalue weighted by molar-refractivity contribution is 8.18. The van der Waals surface area contributed by atoms with Gasteiger partial charge in [0.1, 0.15) is 5.82 Å². The topological polar surface area (TPSA) is 63.5 Å². The number of hydrogen-bond donors (Lipinski definition) is 1. The van der Waals surface area contributed by atoms with Crippen molar-refractivity contribution >= 4 is 45.7 Å². The number of thioether (sulfide) groups is 1. The Morgan fingerprint density at radius 1 is 1.21 bits per heavy atom. The summed E-state index contributed by atoms with van der Waals surface area (Å²) in [6.45, 7) is 3.96. The number of aromatic nitrogens is 1. The number of para-hydroxylation sites is 1. The SMILES string of the molecule is CC(=O)NC1=NC(=O)C(=Cc2c(C)n(Cc3ccc(F)cc3)c3ccccc23)S1. The minimum absolute atomic E-state index is 0.264. The van der Waals surface area contributed by atoms with Gasteiger partial charge in [0.25, 0.3) is 5.91 Å². The minimum Gasteiger partial charge on any atom is -0.340 e. The number of aliphatic imine (C=N–C) groups is 1. The molecule has 3 aromatic rings. The molecule has 2 amide bonds. The Morgan fingerprint density at radius 3 is 2.66 bits per heavy atom.